The Hall–Kier alpha value is -3.93. The van der Waals surface area contributed by atoms with E-state index in [0.29, 0.717) is 36.1 Å². The second-order valence-corrected chi connectivity index (χ2v) is 10.0. The lowest BCUT2D eigenvalue weighted by Crippen LogP contribution is -2.38. The summed E-state index contributed by atoms with van der Waals surface area (Å²) >= 11 is 0. The van der Waals surface area contributed by atoms with E-state index < -0.39 is 11.9 Å². The molecule has 0 bridgehead atoms. The smallest absolute Gasteiger partial charge is 0.227 e. The molecule has 1 aliphatic carbocycles. The Morgan fingerprint density at radius 1 is 1.00 bits per heavy atom. The monoisotopic (exact) mass is 512 g/mol. The minimum absolute atomic E-state index is 0.0215. The molecule has 196 valence electrons. The van der Waals surface area contributed by atoms with Crippen LogP contribution in [0.5, 0.6) is 5.75 Å². The van der Waals surface area contributed by atoms with Gasteiger partial charge in [-0.2, -0.15) is 0 Å². The lowest BCUT2D eigenvalue weighted by Gasteiger charge is -2.35. The van der Waals surface area contributed by atoms with Crippen molar-refractivity contribution in [3.8, 4) is 5.75 Å². The van der Waals surface area contributed by atoms with E-state index in [0.717, 1.165) is 42.0 Å². The zero-order chi connectivity index (χ0) is 26.6. The number of nitrogens with one attached hydrogen (secondary N) is 1. The summed E-state index contributed by atoms with van der Waals surface area (Å²) in [4.78, 5) is 29.5. The largest absolute Gasteiger partial charge is 0.497 e. The zero-order valence-electron chi connectivity index (χ0n) is 21.9. The average Bonchev–Trinajstić information content (AvgIpc) is 3.08. The molecule has 1 heterocycles. The number of halogens is 1. The molecule has 3 aromatic rings. The Morgan fingerprint density at radius 3 is 2.53 bits per heavy atom. The molecular formula is C32H33FN2O3. The van der Waals surface area contributed by atoms with Gasteiger partial charge in [0.1, 0.15) is 11.6 Å². The number of hydrogen-bond donors (Lipinski definition) is 1. The van der Waals surface area contributed by atoms with E-state index in [1.807, 2.05) is 54.6 Å². The van der Waals surface area contributed by atoms with Crippen LogP contribution in [-0.2, 0) is 9.59 Å². The van der Waals surface area contributed by atoms with Crippen molar-refractivity contribution < 1.29 is 18.7 Å². The molecular weight excluding hydrogens is 479 g/mol. The fourth-order valence-electron chi connectivity index (χ4n) is 5.62. The van der Waals surface area contributed by atoms with Gasteiger partial charge >= 0.3 is 0 Å². The number of benzene rings is 3. The van der Waals surface area contributed by atoms with E-state index in [1.165, 1.54) is 12.1 Å². The molecule has 0 saturated heterocycles. The second kappa shape index (κ2) is 11.2. The van der Waals surface area contributed by atoms with E-state index in [4.69, 9.17) is 4.74 Å². The number of allylic oxidation sites excluding steroid dienone is 1. The van der Waals surface area contributed by atoms with Crippen molar-refractivity contribution in [1.29, 1.82) is 0 Å². The van der Waals surface area contributed by atoms with Crippen LogP contribution in [-0.4, -0.2) is 18.8 Å². The van der Waals surface area contributed by atoms with Gasteiger partial charge in [0.15, 0.2) is 5.78 Å². The van der Waals surface area contributed by atoms with Crippen molar-refractivity contribution in [2.24, 2.45) is 0 Å². The Morgan fingerprint density at radius 2 is 1.79 bits per heavy atom. The third-order valence-electron chi connectivity index (χ3n) is 7.50. The number of hydrogen-bond acceptors (Lipinski definition) is 4. The molecule has 2 aliphatic rings. The third kappa shape index (κ3) is 5.08. The predicted molar refractivity (Wildman–Crippen MR) is 148 cm³/mol. The van der Waals surface area contributed by atoms with Gasteiger partial charge in [-0.05, 0) is 66.3 Å². The van der Waals surface area contributed by atoms with Crippen LogP contribution in [0.1, 0.15) is 68.5 Å². The van der Waals surface area contributed by atoms with Crippen LogP contribution in [0, 0.1) is 5.82 Å². The zero-order valence-corrected chi connectivity index (χ0v) is 21.9. The van der Waals surface area contributed by atoms with Crippen LogP contribution < -0.4 is 15.0 Å². The number of ether oxygens (including phenoxy) is 1. The number of ketones is 1. The Labute approximate surface area is 223 Å². The summed E-state index contributed by atoms with van der Waals surface area (Å²) in [6, 6.07) is 21.0. The topological polar surface area (TPSA) is 58.6 Å². The first-order valence-corrected chi connectivity index (χ1v) is 13.3. The maximum Gasteiger partial charge on any atom is 0.227 e. The first-order valence-electron chi connectivity index (χ1n) is 13.3. The molecule has 0 spiro atoms. The van der Waals surface area contributed by atoms with Gasteiger partial charge in [-0.25, -0.2) is 4.39 Å². The second-order valence-electron chi connectivity index (χ2n) is 10.0. The Kier molecular flexibility index (Phi) is 7.59. The molecule has 0 unspecified atom stereocenters. The van der Waals surface area contributed by atoms with Crippen molar-refractivity contribution >= 4 is 23.1 Å². The highest BCUT2D eigenvalue weighted by Crippen LogP contribution is 2.47. The highest BCUT2D eigenvalue weighted by atomic mass is 19.1. The van der Waals surface area contributed by atoms with Crippen LogP contribution >= 0.6 is 0 Å². The number of methoxy groups -OCH3 is 1. The normalized spacial score (nSPS) is 18.8. The predicted octanol–water partition coefficient (Wildman–Crippen LogP) is 7.32. The van der Waals surface area contributed by atoms with Crippen molar-refractivity contribution in [2.45, 2.75) is 57.4 Å². The van der Waals surface area contributed by atoms with E-state index in [-0.39, 0.29) is 17.6 Å². The first-order chi connectivity index (χ1) is 18.5. The summed E-state index contributed by atoms with van der Waals surface area (Å²) in [5.41, 5.74) is 4.45. The average molecular weight is 513 g/mol. The fourth-order valence-corrected chi connectivity index (χ4v) is 5.62. The maximum absolute atomic E-state index is 14.5. The van der Waals surface area contributed by atoms with Crippen molar-refractivity contribution in [3.05, 3.63) is 101 Å². The fraction of sp³-hybridized carbons (Fsp3) is 0.312. The molecule has 2 atom stereocenters. The molecule has 0 aromatic heterocycles. The Balaban J connectivity index is 1.64. The van der Waals surface area contributed by atoms with Gasteiger partial charge in [-0.3, -0.25) is 14.5 Å². The number of rotatable bonds is 7. The summed E-state index contributed by atoms with van der Waals surface area (Å²) in [5, 5.41) is 3.53. The molecule has 5 rings (SSSR count). The van der Waals surface area contributed by atoms with Gasteiger partial charge in [-0.1, -0.05) is 56.2 Å². The van der Waals surface area contributed by atoms with Crippen LogP contribution in [0.3, 0.4) is 0 Å². The molecule has 6 heteroatoms. The highest BCUT2D eigenvalue weighted by molar-refractivity contribution is 6.06. The number of carbonyl (C=O) groups is 2. The molecule has 1 amide bonds. The standard InChI is InChI=1S/C32H33FN2O3/c1-3-4-5-13-30(37)35-28-12-7-6-11-26(28)34-27-19-23(21-14-16-25(38-2)17-15-21)20-29(36)31(27)32(35)22-9-8-10-24(33)18-22/h6-12,14-18,23,32,34H,3-5,13,19-20H2,1-2H3/t23-,32-/m0/s1. The van der Waals surface area contributed by atoms with Crippen molar-refractivity contribution in [3.63, 3.8) is 0 Å². The minimum Gasteiger partial charge on any atom is -0.497 e. The summed E-state index contributed by atoms with van der Waals surface area (Å²) in [6.45, 7) is 2.10. The quantitative estimate of drug-likeness (QED) is 0.337. The summed E-state index contributed by atoms with van der Waals surface area (Å²) in [7, 11) is 1.63. The minimum atomic E-state index is -0.713. The van der Waals surface area contributed by atoms with Crippen LogP contribution in [0.2, 0.25) is 0 Å². The molecule has 0 fully saturated rings. The van der Waals surface area contributed by atoms with E-state index in [1.54, 1.807) is 18.1 Å². The number of anilines is 2. The van der Waals surface area contributed by atoms with E-state index in [2.05, 4.69) is 12.2 Å². The van der Waals surface area contributed by atoms with Gasteiger partial charge in [0.2, 0.25) is 5.91 Å². The molecule has 5 nitrogen and oxygen atoms in total. The van der Waals surface area contributed by atoms with Crippen LogP contribution in [0.4, 0.5) is 15.8 Å². The van der Waals surface area contributed by atoms with Gasteiger partial charge < -0.3 is 10.1 Å². The molecule has 0 saturated carbocycles. The number of carbonyl (C=O) groups excluding carboxylic acids is 2. The van der Waals surface area contributed by atoms with Crippen LogP contribution in [0.25, 0.3) is 0 Å². The van der Waals surface area contributed by atoms with Crippen LogP contribution in [0.15, 0.2) is 84.1 Å². The number of para-hydroxylation sites is 2. The first kappa shape index (κ1) is 25.7. The number of Topliss-reactive ketones (excluding diaryl/α,β-unsaturated/α-hetero) is 1. The van der Waals surface area contributed by atoms with Gasteiger partial charge in [0.05, 0.1) is 24.5 Å². The number of nitrogens with zero attached hydrogens (tertiary/aromatic N) is 1. The molecule has 3 aromatic carbocycles. The van der Waals surface area contributed by atoms with Gasteiger partial charge in [-0.15, -0.1) is 0 Å². The lowest BCUT2D eigenvalue weighted by atomic mass is 9.78. The van der Waals surface area contributed by atoms with E-state index >= 15 is 0 Å². The van der Waals surface area contributed by atoms with Gasteiger partial charge in [0, 0.05) is 24.1 Å². The number of amides is 1. The van der Waals surface area contributed by atoms with Crippen molar-refractivity contribution in [1.82, 2.24) is 0 Å². The van der Waals surface area contributed by atoms with Gasteiger partial charge in [0.25, 0.3) is 0 Å². The SMILES string of the molecule is CCCCCC(=O)N1c2ccccc2NC2=C(C(=O)C[C@@H](c3ccc(OC)cc3)C2)[C@@H]1c1cccc(F)c1. The Bertz CT molecular complexity index is 1370. The third-order valence-corrected chi connectivity index (χ3v) is 7.50. The number of fused-ring (bicyclic) bond motifs is 1. The molecule has 0 radical (unpaired) electrons. The maximum atomic E-state index is 14.5. The summed E-state index contributed by atoms with van der Waals surface area (Å²) in [6.07, 6.45) is 3.98. The molecule has 1 N–H and O–H groups in total. The number of unbranched alkanes of at least 4 members (excludes halogenated alkanes) is 2. The van der Waals surface area contributed by atoms with E-state index in [9.17, 15) is 14.0 Å². The summed E-state index contributed by atoms with van der Waals surface area (Å²) < 4.78 is 19.8. The molecule has 1 aliphatic heterocycles. The van der Waals surface area contributed by atoms with Crippen molar-refractivity contribution in [2.75, 3.05) is 17.3 Å². The highest BCUT2D eigenvalue weighted by Gasteiger charge is 2.41. The summed E-state index contributed by atoms with van der Waals surface area (Å²) in [5.74, 6) is 0.245. The molecule has 38 heavy (non-hydrogen) atoms. The lowest BCUT2D eigenvalue weighted by molar-refractivity contribution is -0.119.